The Kier molecular flexibility index (Phi) is 1.30. The number of H-pyrrole nitrogens is 2. The summed E-state index contributed by atoms with van der Waals surface area (Å²) in [5, 5.41) is 12.2. The lowest BCUT2D eigenvalue weighted by molar-refractivity contribution is 0.821. The van der Waals surface area contributed by atoms with Gasteiger partial charge in [-0.25, -0.2) is 9.59 Å². The maximum atomic E-state index is 11.0. The Hall–Kier alpha value is -2.36. The van der Waals surface area contributed by atoms with Crippen LogP contribution in [0.3, 0.4) is 0 Å². The van der Waals surface area contributed by atoms with Crippen LogP contribution in [0.15, 0.2) is 15.8 Å². The molecule has 0 amide bonds. The van der Waals surface area contributed by atoms with Gasteiger partial charge in [-0.15, -0.1) is 0 Å². The first-order chi connectivity index (χ1) is 6.22. The number of aromatic amines is 2. The van der Waals surface area contributed by atoms with Crippen molar-refractivity contribution in [3.8, 4) is 6.07 Å². The van der Waals surface area contributed by atoms with E-state index in [1.54, 1.807) is 6.07 Å². The zero-order valence-electron chi connectivity index (χ0n) is 6.24. The summed E-state index contributed by atoms with van der Waals surface area (Å²) < 4.78 is 0.917. The van der Waals surface area contributed by atoms with E-state index in [0.717, 1.165) is 4.52 Å². The highest BCUT2D eigenvalue weighted by Crippen LogP contribution is 1.99. The number of nitriles is 1. The lowest BCUT2D eigenvalue weighted by Crippen LogP contribution is -2.28. The van der Waals surface area contributed by atoms with Crippen LogP contribution < -0.4 is 11.4 Å². The van der Waals surface area contributed by atoms with E-state index in [0.29, 0.717) is 0 Å². The molecule has 0 saturated heterocycles. The van der Waals surface area contributed by atoms with Gasteiger partial charge in [-0.1, -0.05) is 0 Å². The molecule has 2 aromatic rings. The predicted molar refractivity (Wildman–Crippen MR) is 41.1 cm³/mol. The molecule has 0 radical (unpaired) electrons. The summed E-state index contributed by atoms with van der Waals surface area (Å²) >= 11 is 0. The zero-order chi connectivity index (χ0) is 9.42. The van der Waals surface area contributed by atoms with Crippen molar-refractivity contribution in [1.29, 1.82) is 5.26 Å². The third-order valence-electron chi connectivity index (χ3n) is 1.53. The van der Waals surface area contributed by atoms with Gasteiger partial charge in [0.25, 0.3) is 0 Å². The molecule has 0 atom stereocenters. The second-order valence-electron chi connectivity index (χ2n) is 2.31. The molecule has 0 spiro atoms. The maximum Gasteiger partial charge on any atom is 0.352 e. The van der Waals surface area contributed by atoms with Crippen LogP contribution in [-0.4, -0.2) is 19.6 Å². The van der Waals surface area contributed by atoms with Crippen molar-refractivity contribution in [3.05, 3.63) is 32.7 Å². The number of nitrogens with one attached hydrogen (secondary N) is 2. The molecule has 2 rings (SSSR count). The van der Waals surface area contributed by atoms with Crippen molar-refractivity contribution < 1.29 is 0 Å². The zero-order valence-corrected chi connectivity index (χ0v) is 6.24. The number of hydrogen-bond acceptors (Lipinski definition) is 4. The molecule has 64 valence electrons. The molecule has 7 nitrogen and oxygen atoms in total. The summed E-state index contributed by atoms with van der Waals surface area (Å²) in [5.74, 6) is 0. The Morgan fingerprint density at radius 2 is 2.23 bits per heavy atom. The maximum absolute atomic E-state index is 11.0. The molecule has 2 N–H and O–H groups in total. The van der Waals surface area contributed by atoms with E-state index >= 15 is 0 Å². The standard InChI is InChI=1S/C6H3N5O2/c7-1-3-2-8-11-4(3)9-5(12)10-6(11)13/h2H,(H2,9,10,12,13). The highest BCUT2D eigenvalue weighted by molar-refractivity contribution is 5.52. The van der Waals surface area contributed by atoms with Crippen LogP contribution in [0.25, 0.3) is 5.65 Å². The summed E-state index contributed by atoms with van der Waals surface area (Å²) in [4.78, 5) is 26.1. The average molecular weight is 177 g/mol. The van der Waals surface area contributed by atoms with Crippen LogP contribution in [0.5, 0.6) is 0 Å². The minimum atomic E-state index is -0.666. The van der Waals surface area contributed by atoms with E-state index in [2.05, 4.69) is 10.1 Å². The highest BCUT2D eigenvalue weighted by atomic mass is 16.2. The van der Waals surface area contributed by atoms with Crippen molar-refractivity contribution in [2.75, 3.05) is 0 Å². The minimum Gasteiger partial charge on any atom is -0.291 e. The fraction of sp³-hybridized carbons (Fsp3) is 0. The Morgan fingerprint density at radius 1 is 1.46 bits per heavy atom. The van der Waals surface area contributed by atoms with Crippen LogP contribution >= 0.6 is 0 Å². The van der Waals surface area contributed by atoms with Crippen LogP contribution in [0.4, 0.5) is 0 Å². The van der Waals surface area contributed by atoms with E-state index in [1.165, 1.54) is 6.20 Å². The van der Waals surface area contributed by atoms with Gasteiger partial charge in [0.15, 0.2) is 5.65 Å². The lowest BCUT2D eigenvalue weighted by atomic mass is 10.4. The molecular formula is C6H3N5O2. The predicted octanol–water partition coefficient (Wildman–Crippen LogP) is -1.42. The average Bonchev–Trinajstić information content (AvgIpc) is 2.47. The van der Waals surface area contributed by atoms with E-state index < -0.39 is 11.4 Å². The summed E-state index contributed by atoms with van der Waals surface area (Å²) in [6.45, 7) is 0. The molecular weight excluding hydrogens is 174 g/mol. The number of nitrogens with zero attached hydrogens (tertiary/aromatic N) is 3. The number of rotatable bonds is 0. The molecule has 0 bridgehead atoms. The third-order valence-corrected chi connectivity index (χ3v) is 1.53. The van der Waals surface area contributed by atoms with Gasteiger partial charge >= 0.3 is 11.4 Å². The number of fused-ring (bicyclic) bond motifs is 1. The molecule has 0 aliphatic rings. The molecule has 13 heavy (non-hydrogen) atoms. The molecule has 7 heteroatoms. The Balaban J connectivity index is 3.09. The lowest BCUT2D eigenvalue weighted by Gasteiger charge is -1.88. The molecule has 0 unspecified atom stereocenters. The molecule has 0 fully saturated rings. The monoisotopic (exact) mass is 177 g/mol. The van der Waals surface area contributed by atoms with Gasteiger partial charge in [0, 0.05) is 0 Å². The van der Waals surface area contributed by atoms with Gasteiger partial charge in [-0.05, 0) is 0 Å². The molecule has 0 aliphatic heterocycles. The second kappa shape index (κ2) is 2.31. The van der Waals surface area contributed by atoms with Gasteiger partial charge in [0.2, 0.25) is 0 Å². The second-order valence-corrected chi connectivity index (χ2v) is 2.31. The number of hydrogen-bond donors (Lipinski definition) is 2. The van der Waals surface area contributed by atoms with Gasteiger partial charge in [0.05, 0.1) is 6.20 Å². The summed E-state index contributed by atoms with van der Waals surface area (Å²) in [6.07, 6.45) is 1.21. The first kappa shape index (κ1) is 7.30. The minimum absolute atomic E-state index is 0.108. The first-order valence-electron chi connectivity index (χ1n) is 3.33. The third kappa shape index (κ3) is 0.927. The topological polar surface area (TPSA) is 107 Å². The van der Waals surface area contributed by atoms with Gasteiger partial charge in [-0.3, -0.25) is 9.97 Å². The molecule has 2 aromatic heterocycles. The van der Waals surface area contributed by atoms with Crippen molar-refractivity contribution in [2.24, 2.45) is 0 Å². The molecule has 2 heterocycles. The fourth-order valence-corrected chi connectivity index (χ4v) is 0.993. The van der Waals surface area contributed by atoms with E-state index in [9.17, 15) is 9.59 Å². The van der Waals surface area contributed by atoms with Crippen LogP contribution in [-0.2, 0) is 0 Å². The van der Waals surface area contributed by atoms with Gasteiger partial charge in [0.1, 0.15) is 11.6 Å². The molecule has 0 aliphatic carbocycles. The number of aromatic nitrogens is 4. The van der Waals surface area contributed by atoms with E-state index in [-0.39, 0.29) is 11.2 Å². The van der Waals surface area contributed by atoms with Gasteiger partial charge in [-0.2, -0.15) is 14.9 Å². The normalized spacial score (nSPS) is 10.1. The quantitative estimate of drug-likeness (QED) is 0.515. The van der Waals surface area contributed by atoms with Crippen molar-refractivity contribution in [2.45, 2.75) is 0 Å². The van der Waals surface area contributed by atoms with Gasteiger partial charge < -0.3 is 0 Å². The van der Waals surface area contributed by atoms with Crippen molar-refractivity contribution >= 4 is 5.65 Å². The molecule has 0 aromatic carbocycles. The van der Waals surface area contributed by atoms with Crippen LogP contribution in [0.1, 0.15) is 5.56 Å². The smallest absolute Gasteiger partial charge is 0.291 e. The van der Waals surface area contributed by atoms with E-state index in [1.807, 2.05) is 4.98 Å². The SMILES string of the molecule is N#Cc1cnn2c(=O)[nH]c(=O)[nH]c12. The fourth-order valence-electron chi connectivity index (χ4n) is 0.993. The Labute approximate surface area is 70.3 Å². The first-order valence-corrected chi connectivity index (χ1v) is 3.33. The summed E-state index contributed by atoms with van der Waals surface area (Å²) in [5.41, 5.74) is -1.06. The molecule has 0 saturated carbocycles. The van der Waals surface area contributed by atoms with Crippen molar-refractivity contribution in [3.63, 3.8) is 0 Å². The summed E-state index contributed by atoms with van der Waals surface area (Å²) in [6, 6.07) is 1.80. The largest absolute Gasteiger partial charge is 0.352 e. The summed E-state index contributed by atoms with van der Waals surface area (Å²) in [7, 11) is 0. The highest BCUT2D eigenvalue weighted by Gasteiger charge is 2.05. The van der Waals surface area contributed by atoms with Crippen LogP contribution in [0, 0.1) is 11.3 Å². The van der Waals surface area contributed by atoms with Crippen molar-refractivity contribution in [1.82, 2.24) is 19.6 Å². The Bertz CT molecular complexity index is 610. The van der Waals surface area contributed by atoms with Crippen LogP contribution in [0.2, 0.25) is 0 Å². The van der Waals surface area contributed by atoms with E-state index in [4.69, 9.17) is 5.26 Å². The Morgan fingerprint density at radius 3 is 2.92 bits per heavy atom.